The van der Waals surface area contributed by atoms with Crippen LogP contribution in [0.5, 0.6) is 0 Å². The minimum absolute atomic E-state index is 0.397. The first-order chi connectivity index (χ1) is 13.5. The standard InChI is InChI=1S/C22H21F2N3O/c1-14(22(28)26-21-18(23)6-4-7-19(21)24)27-11-9-15(10-12-27)17-13-25-20-8-3-2-5-16(17)20/h2-9,13-14,25H,10-12H2,1H3,(H,26,28)/t14-/m0/s1. The largest absolute Gasteiger partial charge is 0.361 e. The molecule has 4 nitrogen and oxygen atoms in total. The van der Waals surface area contributed by atoms with Gasteiger partial charge in [0.05, 0.1) is 6.04 Å². The van der Waals surface area contributed by atoms with Crippen LogP contribution >= 0.6 is 0 Å². The zero-order valence-corrected chi connectivity index (χ0v) is 15.5. The molecule has 0 radical (unpaired) electrons. The Morgan fingerprint density at radius 1 is 1.14 bits per heavy atom. The lowest BCUT2D eigenvalue weighted by Gasteiger charge is -2.31. The number of hydrogen-bond acceptors (Lipinski definition) is 2. The van der Waals surface area contributed by atoms with Crippen molar-refractivity contribution in [2.45, 2.75) is 19.4 Å². The van der Waals surface area contributed by atoms with Crippen molar-refractivity contribution >= 4 is 28.1 Å². The first-order valence-corrected chi connectivity index (χ1v) is 9.29. The van der Waals surface area contributed by atoms with Gasteiger partial charge >= 0.3 is 0 Å². The molecule has 0 saturated heterocycles. The first kappa shape index (κ1) is 18.4. The van der Waals surface area contributed by atoms with E-state index in [1.165, 1.54) is 22.6 Å². The molecule has 0 fully saturated rings. The van der Waals surface area contributed by atoms with Gasteiger partial charge in [-0.15, -0.1) is 0 Å². The number of nitrogens with zero attached hydrogens (tertiary/aromatic N) is 1. The quantitative estimate of drug-likeness (QED) is 0.696. The molecule has 0 unspecified atom stereocenters. The van der Waals surface area contributed by atoms with Crippen molar-refractivity contribution in [3.63, 3.8) is 0 Å². The predicted octanol–water partition coefficient (Wildman–Crippen LogP) is 4.56. The van der Waals surface area contributed by atoms with Gasteiger partial charge in [0.25, 0.3) is 0 Å². The fraction of sp³-hybridized carbons (Fsp3) is 0.227. The van der Waals surface area contributed by atoms with Crippen molar-refractivity contribution < 1.29 is 13.6 Å². The van der Waals surface area contributed by atoms with Crippen LogP contribution in [0, 0.1) is 11.6 Å². The normalized spacial score (nSPS) is 16.0. The fourth-order valence-corrected chi connectivity index (χ4v) is 3.63. The number of anilines is 1. The van der Waals surface area contributed by atoms with Crippen LogP contribution < -0.4 is 5.32 Å². The van der Waals surface area contributed by atoms with Crippen LogP contribution in [0.15, 0.2) is 54.7 Å². The zero-order valence-electron chi connectivity index (χ0n) is 15.5. The van der Waals surface area contributed by atoms with Crippen LogP contribution in [0.1, 0.15) is 18.9 Å². The van der Waals surface area contributed by atoms with E-state index in [9.17, 15) is 13.6 Å². The minimum Gasteiger partial charge on any atom is -0.361 e. The summed E-state index contributed by atoms with van der Waals surface area (Å²) in [5.74, 6) is -1.98. The Labute approximate surface area is 161 Å². The van der Waals surface area contributed by atoms with Gasteiger partial charge in [-0.3, -0.25) is 9.69 Å². The summed E-state index contributed by atoms with van der Waals surface area (Å²) < 4.78 is 27.5. The smallest absolute Gasteiger partial charge is 0.241 e. The van der Waals surface area contributed by atoms with Gasteiger partial charge in [-0.25, -0.2) is 8.78 Å². The van der Waals surface area contributed by atoms with Crippen LogP contribution in [-0.4, -0.2) is 34.9 Å². The molecule has 2 N–H and O–H groups in total. The second kappa shape index (κ2) is 7.56. The van der Waals surface area contributed by atoms with E-state index >= 15 is 0 Å². The number of rotatable bonds is 4. The second-order valence-corrected chi connectivity index (χ2v) is 6.98. The van der Waals surface area contributed by atoms with Gasteiger partial charge in [-0.2, -0.15) is 0 Å². The Morgan fingerprint density at radius 3 is 2.61 bits per heavy atom. The highest BCUT2D eigenvalue weighted by atomic mass is 19.1. The number of halogens is 2. The third-order valence-electron chi connectivity index (χ3n) is 5.31. The number of H-pyrrole nitrogens is 1. The lowest BCUT2D eigenvalue weighted by atomic mass is 9.98. The summed E-state index contributed by atoms with van der Waals surface area (Å²) in [6.45, 7) is 3.04. The van der Waals surface area contributed by atoms with Crippen LogP contribution in [0.2, 0.25) is 0 Å². The number of hydrogen-bond donors (Lipinski definition) is 2. The Balaban J connectivity index is 1.46. The van der Waals surface area contributed by atoms with Crippen molar-refractivity contribution in [1.29, 1.82) is 0 Å². The number of carbonyl (C=O) groups is 1. The Hall–Kier alpha value is -2.99. The molecule has 28 heavy (non-hydrogen) atoms. The monoisotopic (exact) mass is 381 g/mol. The summed E-state index contributed by atoms with van der Waals surface area (Å²) in [6.07, 6.45) is 4.93. The van der Waals surface area contributed by atoms with E-state index in [1.807, 2.05) is 29.3 Å². The van der Waals surface area contributed by atoms with Crippen molar-refractivity contribution in [1.82, 2.24) is 9.88 Å². The van der Waals surface area contributed by atoms with Gasteiger partial charge in [0, 0.05) is 35.8 Å². The van der Waals surface area contributed by atoms with E-state index in [0.29, 0.717) is 13.1 Å². The zero-order chi connectivity index (χ0) is 19.7. The van der Waals surface area contributed by atoms with Gasteiger partial charge in [0.2, 0.25) is 5.91 Å². The topological polar surface area (TPSA) is 48.1 Å². The SMILES string of the molecule is C[C@@H](C(=O)Nc1c(F)cccc1F)N1CC=C(c2c[nH]c3ccccc23)CC1. The van der Waals surface area contributed by atoms with E-state index in [-0.39, 0.29) is 0 Å². The van der Waals surface area contributed by atoms with E-state index in [0.717, 1.165) is 24.1 Å². The molecule has 2 heterocycles. The average Bonchev–Trinajstić information content (AvgIpc) is 3.14. The van der Waals surface area contributed by atoms with Gasteiger partial charge in [0.1, 0.15) is 17.3 Å². The second-order valence-electron chi connectivity index (χ2n) is 6.98. The molecule has 1 aromatic heterocycles. The van der Waals surface area contributed by atoms with E-state index < -0.39 is 29.3 Å². The summed E-state index contributed by atoms with van der Waals surface area (Å²) in [4.78, 5) is 17.8. The van der Waals surface area contributed by atoms with Crippen molar-refractivity contribution in [3.8, 4) is 0 Å². The summed E-state index contributed by atoms with van der Waals surface area (Å²) in [6, 6.07) is 11.2. The van der Waals surface area contributed by atoms with E-state index in [2.05, 4.69) is 22.4 Å². The molecule has 1 amide bonds. The lowest BCUT2D eigenvalue weighted by Crippen LogP contribution is -2.44. The highest BCUT2D eigenvalue weighted by Gasteiger charge is 2.25. The van der Waals surface area contributed by atoms with Crippen molar-refractivity contribution in [2.75, 3.05) is 18.4 Å². The predicted molar refractivity (Wildman–Crippen MR) is 107 cm³/mol. The summed E-state index contributed by atoms with van der Waals surface area (Å²) in [7, 11) is 0. The molecule has 1 atom stereocenters. The van der Waals surface area contributed by atoms with E-state index in [1.54, 1.807) is 6.92 Å². The van der Waals surface area contributed by atoms with Crippen LogP contribution in [-0.2, 0) is 4.79 Å². The number of aromatic nitrogens is 1. The van der Waals surface area contributed by atoms with Gasteiger partial charge in [0.15, 0.2) is 0 Å². The molecule has 4 rings (SSSR count). The maximum Gasteiger partial charge on any atom is 0.241 e. The Kier molecular flexibility index (Phi) is 4.96. The maximum atomic E-state index is 13.8. The third kappa shape index (κ3) is 3.43. The Bertz CT molecular complexity index is 1040. The summed E-state index contributed by atoms with van der Waals surface area (Å²) in [5, 5.41) is 3.57. The minimum atomic E-state index is -0.777. The molecule has 6 heteroatoms. The Morgan fingerprint density at radius 2 is 1.89 bits per heavy atom. The number of benzene rings is 2. The number of amides is 1. The van der Waals surface area contributed by atoms with Gasteiger partial charge < -0.3 is 10.3 Å². The molecular formula is C22H21F2N3O. The number of fused-ring (bicyclic) bond motifs is 1. The van der Waals surface area contributed by atoms with Crippen LogP contribution in [0.25, 0.3) is 16.5 Å². The molecule has 1 aliphatic heterocycles. The molecular weight excluding hydrogens is 360 g/mol. The number of aromatic amines is 1. The number of nitrogens with one attached hydrogen (secondary N) is 2. The fourth-order valence-electron chi connectivity index (χ4n) is 3.63. The highest BCUT2D eigenvalue weighted by Crippen LogP contribution is 2.29. The molecule has 0 aliphatic carbocycles. The van der Waals surface area contributed by atoms with Crippen LogP contribution in [0.3, 0.4) is 0 Å². The molecule has 3 aromatic rings. The van der Waals surface area contributed by atoms with E-state index in [4.69, 9.17) is 0 Å². The number of carbonyl (C=O) groups excluding carboxylic acids is 1. The van der Waals surface area contributed by atoms with Crippen LogP contribution in [0.4, 0.5) is 14.5 Å². The molecule has 0 bridgehead atoms. The molecule has 0 saturated carbocycles. The molecule has 144 valence electrons. The molecule has 1 aliphatic rings. The summed E-state index contributed by atoms with van der Waals surface area (Å²) in [5.41, 5.74) is 3.12. The number of para-hydroxylation sites is 2. The van der Waals surface area contributed by atoms with Crippen molar-refractivity contribution in [2.24, 2.45) is 0 Å². The third-order valence-corrected chi connectivity index (χ3v) is 5.31. The maximum absolute atomic E-state index is 13.8. The van der Waals surface area contributed by atoms with Gasteiger partial charge in [-0.05, 0) is 37.1 Å². The molecule has 0 spiro atoms. The first-order valence-electron chi connectivity index (χ1n) is 9.29. The summed E-state index contributed by atoms with van der Waals surface area (Å²) >= 11 is 0. The van der Waals surface area contributed by atoms with Gasteiger partial charge in [-0.1, -0.05) is 30.3 Å². The average molecular weight is 381 g/mol. The lowest BCUT2D eigenvalue weighted by molar-refractivity contribution is -0.120. The molecule has 2 aromatic carbocycles. The highest BCUT2D eigenvalue weighted by molar-refractivity contribution is 5.95. The van der Waals surface area contributed by atoms with Crippen molar-refractivity contribution in [3.05, 3.63) is 71.9 Å².